The molecule has 1 aliphatic carbocycles. The van der Waals surface area contributed by atoms with E-state index in [0.717, 1.165) is 18.6 Å². The summed E-state index contributed by atoms with van der Waals surface area (Å²) in [4.78, 5) is 11.7. The number of nitrogens with one attached hydrogen (secondary N) is 1. The second-order valence-corrected chi connectivity index (χ2v) is 5.04. The van der Waals surface area contributed by atoms with Gasteiger partial charge in [0.2, 0.25) is 0 Å². The van der Waals surface area contributed by atoms with E-state index in [-0.39, 0.29) is 12.6 Å². The average molecular weight is 277 g/mol. The number of ether oxygens (including phenoxy) is 2. The third-order valence-electron chi connectivity index (χ3n) is 3.66. The van der Waals surface area contributed by atoms with Crippen molar-refractivity contribution in [1.29, 1.82) is 0 Å². The number of hydrogen-bond acceptors (Lipinski definition) is 4. The third-order valence-corrected chi connectivity index (χ3v) is 3.66. The van der Waals surface area contributed by atoms with E-state index in [2.05, 4.69) is 17.4 Å². The van der Waals surface area contributed by atoms with Crippen LogP contribution in [0.4, 0.5) is 0 Å². The van der Waals surface area contributed by atoms with Crippen LogP contribution in [0.3, 0.4) is 0 Å². The van der Waals surface area contributed by atoms with Gasteiger partial charge in [-0.2, -0.15) is 0 Å². The van der Waals surface area contributed by atoms with Gasteiger partial charge in [0.25, 0.3) is 0 Å². The Labute approximate surface area is 120 Å². The molecular formula is C16H23NO3. The number of fused-ring (bicyclic) bond motifs is 1. The van der Waals surface area contributed by atoms with Gasteiger partial charge in [-0.3, -0.25) is 4.79 Å². The van der Waals surface area contributed by atoms with E-state index < -0.39 is 6.04 Å². The van der Waals surface area contributed by atoms with Crippen LogP contribution in [-0.4, -0.2) is 32.3 Å². The first-order valence-electron chi connectivity index (χ1n) is 7.33. The molecule has 4 heteroatoms. The zero-order valence-electron chi connectivity index (χ0n) is 12.3. The lowest BCUT2D eigenvalue weighted by Gasteiger charge is -2.18. The van der Waals surface area contributed by atoms with E-state index in [4.69, 9.17) is 9.47 Å². The first-order valence-corrected chi connectivity index (χ1v) is 7.33. The molecule has 0 aliphatic heterocycles. The van der Waals surface area contributed by atoms with Gasteiger partial charge in [0.15, 0.2) is 0 Å². The number of aryl methyl sites for hydroxylation is 2. The van der Waals surface area contributed by atoms with Crippen LogP contribution in [0.25, 0.3) is 0 Å². The van der Waals surface area contributed by atoms with Crippen LogP contribution in [0, 0.1) is 0 Å². The molecule has 0 saturated carbocycles. The van der Waals surface area contributed by atoms with Gasteiger partial charge in [0, 0.05) is 0 Å². The van der Waals surface area contributed by atoms with Crippen molar-refractivity contribution in [3.63, 3.8) is 0 Å². The molecule has 1 aromatic carbocycles. The topological polar surface area (TPSA) is 47.6 Å². The monoisotopic (exact) mass is 277 g/mol. The van der Waals surface area contributed by atoms with Gasteiger partial charge in [0.05, 0.1) is 6.61 Å². The summed E-state index contributed by atoms with van der Waals surface area (Å²) < 4.78 is 10.7. The van der Waals surface area contributed by atoms with E-state index in [0.29, 0.717) is 6.61 Å². The fourth-order valence-corrected chi connectivity index (χ4v) is 2.49. The molecule has 0 heterocycles. The maximum Gasteiger partial charge on any atom is 0.326 e. The molecule has 20 heavy (non-hydrogen) atoms. The molecule has 0 radical (unpaired) electrons. The molecule has 0 amide bonds. The Balaban J connectivity index is 1.94. The molecule has 1 N–H and O–H groups in total. The first-order chi connectivity index (χ1) is 9.74. The number of carbonyl (C=O) groups excluding carboxylic acids is 1. The molecular weight excluding hydrogens is 254 g/mol. The van der Waals surface area contributed by atoms with E-state index >= 15 is 0 Å². The summed E-state index contributed by atoms with van der Waals surface area (Å²) in [7, 11) is 1.73. The fraction of sp³-hybridized carbons (Fsp3) is 0.562. The Morgan fingerprint density at radius 2 is 2.05 bits per heavy atom. The van der Waals surface area contributed by atoms with Crippen molar-refractivity contribution in [2.24, 2.45) is 0 Å². The predicted molar refractivity (Wildman–Crippen MR) is 78.1 cm³/mol. The van der Waals surface area contributed by atoms with E-state index in [1.807, 2.05) is 6.07 Å². The highest BCUT2D eigenvalue weighted by Gasteiger charge is 2.18. The van der Waals surface area contributed by atoms with Crippen molar-refractivity contribution >= 4 is 5.97 Å². The summed E-state index contributed by atoms with van der Waals surface area (Å²) >= 11 is 0. The molecule has 1 unspecified atom stereocenters. The summed E-state index contributed by atoms with van der Waals surface area (Å²) in [6, 6.07) is 5.81. The van der Waals surface area contributed by atoms with Gasteiger partial charge in [0.1, 0.15) is 18.4 Å². The molecule has 0 saturated heterocycles. The zero-order chi connectivity index (χ0) is 14.4. The second kappa shape index (κ2) is 7.29. The quantitative estimate of drug-likeness (QED) is 0.809. The van der Waals surface area contributed by atoms with Crippen molar-refractivity contribution in [3.05, 3.63) is 29.3 Å². The van der Waals surface area contributed by atoms with Gasteiger partial charge in [-0.25, -0.2) is 0 Å². The summed E-state index contributed by atoms with van der Waals surface area (Å²) in [6.45, 7) is 2.47. The highest BCUT2D eigenvalue weighted by Crippen LogP contribution is 2.25. The fourth-order valence-electron chi connectivity index (χ4n) is 2.49. The Hall–Kier alpha value is -1.55. The predicted octanol–water partition coefficient (Wildman–Crippen LogP) is 2.10. The SMILES string of the molecule is CCOC(=O)C(COc1ccc2c(c1)CCCC2)NC. The standard InChI is InChI=1S/C16H23NO3/c1-3-19-16(18)15(17-2)11-20-14-9-8-12-6-4-5-7-13(12)10-14/h8-10,15,17H,3-7,11H2,1-2H3. The molecule has 2 rings (SSSR count). The number of carbonyl (C=O) groups is 1. The largest absolute Gasteiger partial charge is 0.491 e. The maximum absolute atomic E-state index is 11.7. The minimum atomic E-state index is -0.425. The number of esters is 1. The molecule has 110 valence electrons. The Kier molecular flexibility index (Phi) is 5.41. The molecule has 1 atom stereocenters. The van der Waals surface area contributed by atoms with Gasteiger partial charge in [-0.15, -0.1) is 0 Å². The molecule has 1 aromatic rings. The minimum absolute atomic E-state index is 0.270. The van der Waals surface area contributed by atoms with Crippen molar-refractivity contribution in [3.8, 4) is 5.75 Å². The molecule has 0 bridgehead atoms. The number of hydrogen-bond donors (Lipinski definition) is 1. The summed E-state index contributed by atoms with van der Waals surface area (Å²) in [5.74, 6) is 0.558. The van der Waals surface area contributed by atoms with E-state index in [1.165, 1.54) is 24.0 Å². The van der Waals surface area contributed by atoms with Gasteiger partial charge >= 0.3 is 5.97 Å². The summed E-state index contributed by atoms with van der Waals surface area (Å²) in [5, 5.41) is 2.92. The van der Waals surface area contributed by atoms with E-state index in [1.54, 1.807) is 14.0 Å². The molecule has 0 fully saturated rings. The summed E-state index contributed by atoms with van der Waals surface area (Å²) in [6.07, 6.45) is 4.81. The van der Waals surface area contributed by atoms with Crippen molar-refractivity contribution in [2.75, 3.05) is 20.3 Å². The van der Waals surface area contributed by atoms with Crippen molar-refractivity contribution in [2.45, 2.75) is 38.6 Å². The first kappa shape index (κ1) is 14.9. The van der Waals surface area contributed by atoms with Crippen LogP contribution in [-0.2, 0) is 22.4 Å². The Morgan fingerprint density at radius 1 is 1.30 bits per heavy atom. The van der Waals surface area contributed by atoms with Gasteiger partial charge in [-0.1, -0.05) is 6.07 Å². The Bertz CT molecular complexity index is 459. The van der Waals surface area contributed by atoms with Crippen LogP contribution in [0.2, 0.25) is 0 Å². The third kappa shape index (κ3) is 3.73. The van der Waals surface area contributed by atoms with Crippen molar-refractivity contribution < 1.29 is 14.3 Å². The molecule has 4 nitrogen and oxygen atoms in total. The smallest absolute Gasteiger partial charge is 0.326 e. The molecule has 0 spiro atoms. The molecule has 0 aromatic heterocycles. The highest BCUT2D eigenvalue weighted by molar-refractivity contribution is 5.75. The second-order valence-electron chi connectivity index (χ2n) is 5.04. The van der Waals surface area contributed by atoms with Crippen molar-refractivity contribution in [1.82, 2.24) is 5.32 Å². The van der Waals surface area contributed by atoms with Crippen LogP contribution >= 0.6 is 0 Å². The van der Waals surface area contributed by atoms with E-state index in [9.17, 15) is 4.79 Å². The number of likely N-dealkylation sites (N-methyl/N-ethyl adjacent to an activating group) is 1. The number of benzene rings is 1. The lowest BCUT2D eigenvalue weighted by atomic mass is 9.92. The van der Waals surface area contributed by atoms with Crippen LogP contribution in [0.1, 0.15) is 30.9 Å². The molecule has 1 aliphatic rings. The summed E-state index contributed by atoms with van der Waals surface area (Å²) in [5.41, 5.74) is 2.81. The normalized spacial score (nSPS) is 15.3. The highest BCUT2D eigenvalue weighted by atomic mass is 16.5. The Morgan fingerprint density at radius 3 is 2.75 bits per heavy atom. The zero-order valence-corrected chi connectivity index (χ0v) is 12.3. The van der Waals surface area contributed by atoms with Gasteiger partial charge < -0.3 is 14.8 Å². The lowest BCUT2D eigenvalue weighted by Crippen LogP contribution is -2.40. The van der Waals surface area contributed by atoms with Crippen LogP contribution in [0.15, 0.2) is 18.2 Å². The minimum Gasteiger partial charge on any atom is -0.491 e. The van der Waals surface area contributed by atoms with Gasteiger partial charge in [-0.05, 0) is 62.9 Å². The lowest BCUT2D eigenvalue weighted by molar-refractivity contribution is -0.146. The van der Waals surface area contributed by atoms with Crippen LogP contribution < -0.4 is 10.1 Å². The van der Waals surface area contributed by atoms with Crippen LogP contribution in [0.5, 0.6) is 5.75 Å². The number of rotatable bonds is 6. The maximum atomic E-state index is 11.7. The average Bonchev–Trinajstić information content (AvgIpc) is 2.48.